The van der Waals surface area contributed by atoms with Gasteiger partial charge in [-0.2, -0.15) is 13.2 Å². The monoisotopic (exact) mass is 650 g/mol. The maximum Gasteiger partial charge on any atom is 0.416 e. The van der Waals surface area contributed by atoms with Crippen LogP contribution in [-0.4, -0.2) is 68.6 Å². The number of hydrogen-bond acceptors (Lipinski definition) is 7. The minimum Gasteiger partial charge on any atom is -0.384 e. The summed E-state index contributed by atoms with van der Waals surface area (Å²) in [5, 5.41) is 14.3. The highest BCUT2D eigenvalue weighted by molar-refractivity contribution is 5.80. The molecule has 252 valence electrons. The number of aliphatic hydroxyl groups is 1. The third-order valence-electron chi connectivity index (χ3n) is 10.3. The Morgan fingerprint density at radius 2 is 1.64 bits per heavy atom. The molecule has 3 saturated heterocycles. The second kappa shape index (κ2) is 14.3. The number of nitrogens with one attached hydrogen (secondary N) is 1. The second-order valence-electron chi connectivity index (χ2n) is 13.4. The lowest BCUT2D eigenvalue weighted by Gasteiger charge is -2.41. The van der Waals surface area contributed by atoms with Crippen LogP contribution < -0.4 is 10.2 Å². The van der Waals surface area contributed by atoms with E-state index in [4.69, 9.17) is 0 Å². The van der Waals surface area contributed by atoms with E-state index in [1.54, 1.807) is 30.7 Å². The Morgan fingerprint density at radius 1 is 0.957 bits per heavy atom. The molecule has 4 fully saturated rings. The van der Waals surface area contributed by atoms with Crippen LogP contribution in [0.1, 0.15) is 82.4 Å². The van der Waals surface area contributed by atoms with Crippen molar-refractivity contribution < 1.29 is 23.1 Å². The Labute approximate surface area is 274 Å². The zero-order chi connectivity index (χ0) is 33.0. The summed E-state index contributed by atoms with van der Waals surface area (Å²) in [5.74, 6) is 0.958. The van der Waals surface area contributed by atoms with Gasteiger partial charge in [0.15, 0.2) is 5.82 Å². The van der Waals surface area contributed by atoms with Gasteiger partial charge in [-0.3, -0.25) is 9.78 Å². The zero-order valence-electron chi connectivity index (χ0n) is 27.0. The van der Waals surface area contributed by atoms with Crippen molar-refractivity contribution in [2.45, 2.75) is 101 Å². The molecule has 4 aliphatic rings. The highest BCUT2D eigenvalue weighted by Gasteiger charge is 2.44. The fourth-order valence-electron chi connectivity index (χ4n) is 7.93. The van der Waals surface area contributed by atoms with Crippen LogP contribution in [0, 0.1) is 5.92 Å². The molecule has 0 radical (unpaired) electrons. The van der Waals surface area contributed by atoms with E-state index in [-0.39, 0.29) is 23.9 Å². The molecule has 1 aromatic carbocycles. The van der Waals surface area contributed by atoms with Crippen molar-refractivity contribution in [3.63, 3.8) is 0 Å². The van der Waals surface area contributed by atoms with Gasteiger partial charge in [0.1, 0.15) is 5.60 Å². The molecule has 0 spiro atoms. The first-order valence-electron chi connectivity index (χ1n) is 17.1. The molecule has 8 nitrogen and oxygen atoms in total. The number of hydrogen-bond donors (Lipinski definition) is 2. The first kappa shape index (κ1) is 33.3. The first-order chi connectivity index (χ1) is 22.6. The van der Waals surface area contributed by atoms with E-state index >= 15 is 0 Å². The van der Waals surface area contributed by atoms with Crippen molar-refractivity contribution >= 4 is 11.6 Å². The third-order valence-corrected chi connectivity index (χ3v) is 10.3. The average molecular weight is 651 g/mol. The van der Waals surface area contributed by atoms with E-state index in [1.807, 2.05) is 17.0 Å². The summed E-state index contributed by atoms with van der Waals surface area (Å²) in [4.78, 5) is 29.7. The predicted octanol–water partition coefficient (Wildman–Crippen LogP) is 6.35. The Bertz CT molecular complexity index is 1460. The van der Waals surface area contributed by atoms with Crippen molar-refractivity contribution in [2.75, 3.05) is 24.5 Å². The van der Waals surface area contributed by atoms with Crippen molar-refractivity contribution in [3.8, 4) is 11.4 Å². The number of piperidine rings is 1. The van der Waals surface area contributed by atoms with E-state index in [1.165, 1.54) is 12.1 Å². The van der Waals surface area contributed by atoms with Crippen molar-refractivity contribution in [1.82, 2.24) is 25.2 Å². The Morgan fingerprint density at radius 3 is 2.23 bits per heavy atom. The zero-order valence-corrected chi connectivity index (χ0v) is 27.0. The van der Waals surface area contributed by atoms with Gasteiger partial charge in [0, 0.05) is 67.0 Å². The quantitative estimate of drug-likeness (QED) is 0.321. The Kier molecular flexibility index (Phi) is 10.1. The molecule has 1 amide bonds. The first-order valence-corrected chi connectivity index (χ1v) is 17.1. The number of anilines is 1. The fourth-order valence-corrected chi connectivity index (χ4v) is 7.93. The van der Waals surface area contributed by atoms with Crippen LogP contribution in [0.15, 0.2) is 61.1 Å². The molecule has 2 aromatic heterocycles. The summed E-state index contributed by atoms with van der Waals surface area (Å²) < 4.78 is 39.1. The molecule has 7 rings (SSSR count). The number of amides is 1. The number of benzene rings is 1. The third kappa shape index (κ3) is 7.62. The fraction of sp³-hybridized carbons (Fsp3) is 0.556. The number of halogens is 3. The van der Waals surface area contributed by atoms with Gasteiger partial charge in [-0.15, -0.1) is 0 Å². The highest BCUT2D eigenvalue weighted by Crippen LogP contribution is 2.44. The van der Waals surface area contributed by atoms with Gasteiger partial charge in [-0.1, -0.05) is 13.0 Å². The summed E-state index contributed by atoms with van der Waals surface area (Å²) >= 11 is 0. The van der Waals surface area contributed by atoms with Gasteiger partial charge in [-0.05, 0) is 107 Å². The number of carbonyl (C=O) groups excluding carboxylic acids is 1. The van der Waals surface area contributed by atoms with Gasteiger partial charge in [-0.25, -0.2) is 9.97 Å². The molecule has 2 N–H and O–H groups in total. The van der Waals surface area contributed by atoms with Crippen LogP contribution in [0.5, 0.6) is 0 Å². The van der Waals surface area contributed by atoms with E-state index in [0.29, 0.717) is 17.6 Å². The molecule has 2 unspecified atom stereocenters. The topological polar surface area (TPSA) is 94.5 Å². The smallest absolute Gasteiger partial charge is 0.384 e. The van der Waals surface area contributed by atoms with Gasteiger partial charge >= 0.3 is 6.18 Å². The van der Waals surface area contributed by atoms with E-state index < -0.39 is 17.3 Å². The number of alkyl halides is 3. The number of pyridine rings is 1. The number of carbonyl (C=O) groups is 1. The molecule has 5 heterocycles. The van der Waals surface area contributed by atoms with E-state index in [9.17, 15) is 23.1 Å². The molecule has 11 heteroatoms. The Balaban J connectivity index is 0.000000166. The SMILES string of the molecule is CCNC1CCC(O)(c2ccc(-c3ncccn3)cn2)CC1.O=C(C1CC2CCC(C1)N2c1cccc(C(F)(F)F)c1)N1CCCC1. The van der Waals surface area contributed by atoms with E-state index in [2.05, 4.69) is 32.1 Å². The maximum atomic E-state index is 13.0. The summed E-state index contributed by atoms with van der Waals surface area (Å²) in [6, 6.07) is 12.1. The molecule has 3 aromatic rings. The molecule has 47 heavy (non-hydrogen) atoms. The number of likely N-dealkylation sites (tertiary alicyclic amines) is 1. The standard InChI is InChI=1S/C19H23F3N2O.C17H22N4O/c20-19(21,22)14-4-3-5-15(12-14)24-16-6-7-17(24)11-13(10-16)18(25)23-8-1-2-9-23;1-2-18-14-6-8-17(22,9-7-14)15-5-4-13(12-21-15)16-19-10-3-11-20-16/h3-5,12-13,16-17H,1-2,6-11H2;3-5,10-12,14,18,22H,2,6-9H2,1H3. The lowest BCUT2D eigenvalue weighted by atomic mass is 9.80. The van der Waals surface area contributed by atoms with Crippen molar-refractivity contribution in [1.29, 1.82) is 0 Å². The molecule has 2 atom stereocenters. The average Bonchev–Trinajstić information content (AvgIpc) is 3.72. The summed E-state index contributed by atoms with van der Waals surface area (Å²) in [6.45, 7) is 4.82. The minimum absolute atomic E-state index is 0.0395. The van der Waals surface area contributed by atoms with Gasteiger partial charge in [0.2, 0.25) is 5.91 Å². The van der Waals surface area contributed by atoms with Gasteiger partial charge in [0.25, 0.3) is 0 Å². The van der Waals surface area contributed by atoms with Crippen molar-refractivity contribution in [3.05, 3.63) is 72.3 Å². The van der Waals surface area contributed by atoms with Crippen LogP contribution in [0.25, 0.3) is 11.4 Å². The van der Waals surface area contributed by atoms with Crippen molar-refractivity contribution in [2.24, 2.45) is 5.92 Å². The van der Waals surface area contributed by atoms with Crippen LogP contribution in [0.2, 0.25) is 0 Å². The Hall–Kier alpha value is -3.57. The molecular weight excluding hydrogens is 605 g/mol. The maximum absolute atomic E-state index is 13.0. The van der Waals surface area contributed by atoms with Gasteiger partial charge < -0.3 is 20.2 Å². The van der Waals surface area contributed by atoms with Gasteiger partial charge in [0.05, 0.1) is 11.3 Å². The largest absolute Gasteiger partial charge is 0.416 e. The summed E-state index contributed by atoms with van der Waals surface area (Å²) in [5.41, 5.74) is 0.868. The summed E-state index contributed by atoms with van der Waals surface area (Å²) in [6.07, 6.45) is 9.95. The lowest BCUT2D eigenvalue weighted by molar-refractivity contribution is -0.137. The molecule has 1 saturated carbocycles. The van der Waals surface area contributed by atoms with Crippen LogP contribution in [0.3, 0.4) is 0 Å². The number of rotatable bonds is 6. The molecule has 2 bridgehead atoms. The second-order valence-corrected chi connectivity index (χ2v) is 13.4. The molecular formula is C36H45F3N6O2. The molecule has 3 aliphatic heterocycles. The molecule has 1 aliphatic carbocycles. The van der Waals surface area contributed by atoms with E-state index in [0.717, 1.165) is 101 Å². The summed E-state index contributed by atoms with van der Waals surface area (Å²) in [7, 11) is 0. The minimum atomic E-state index is -4.32. The van der Waals surface area contributed by atoms with Crippen LogP contribution in [-0.2, 0) is 16.6 Å². The number of aromatic nitrogens is 3. The number of nitrogens with zero attached hydrogens (tertiary/aromatic N) is 5. The predicted molar refractivity (Wildman–Crippen MR) is 174 cm³/mol. The normalized spacial score (nSPS) is 27.3. The lowest BCUT2D eigenvalue weighted by Crippen LogP contribution is -2.47. The van der Waals surface area contributed by atoms with Crippen LogP contribution >= 0.6 is 0 Å². The number of fused-ring (bicyclic) bond motifs is 2. The highest BCUT2D eigenvalue weighted by atomic mass is 19.4. The van der Waals surface area contributed by atoms with Crippen LogP contribution in [0.4, 0.5) is 18.9 Å².